The first kappa shape index (κ1) is 19.3. The molecular formula is C32H23N. The fourth-order valence-corrected chi connectivity index (χ4v) is 4.58. The van der Waals surface area contributed by atoms with Crippen LogP contribution in [0.1, 0.15) is 0 Å². The largest absolute Gasteiger partial charge is 0.310 e. The van der Waals surface area contributed by atoms with Crippen molar-refractivity contribution in [3.8, 4) is 11.1 Å². The zero-order chi connectivity index (χ0) is 22.0. The molecule has 0 N–H and O–H groups in total. The molecule has 6 aromatic rings. The Labute approximate surface area is 194 Å². The summed E-state index contributed by atoms with van der Waals surface area (Å²) in [6.07, 6.45) is 0. The Hall–Kier alpha value is -4.36. The quantitative estimate of drug-likeness (QED) is 0.274. The number of fused-ring (bicyclic) bond motifs is 2. The molecule has 0 aliphatic rings. The number of para-hydroxylation sites is 1. The van der Waals surface area contributed by atoms with Crippen molar-refractivity contribution in [2.45, 2.75) is 0 Å². The maximum atomic E-state index is 2.38. The van der Waals surface area contributed by atoms with E-state index in [0.29, 0.717) is 0 Å². The second-order valence-electron chi connectivity index (χ2n) is 8.28. The van der Waals surface area contributed by atoms with Crippen molar-refractivity contribution < 1.29 is 0 Å². The van der Waals surface area contributed by atoms with Crippen LogP contribution in [0.3, 0.4) is 0 Å². The first-order valence-electron chi connectivity index (χ1n) is 11.3. The van der Waals surface area contributed by atoms with E-state index in [1.54, 1.807) is 0 Å². The Morgan fingerprint density at radius 1 is 0.364 bits per heavy atom. The van der Waals surface area contributed by atoms with Gasteiger partial charge in [-0.2, -0.15) is 0 Å². The smallest absolute Gasteiger partial charge is 0.0546 e. The Balaban J connectivity index is 1.66. The van der Waals surface area contributed by atoms with Crippen LogP contribution >= 0.6 is 0 Å². The zero-order valence-corrected chi connectivity index (χ0v) is 18.2. The van der Waals surface area contributed by atoms with Crippen molar-refractivity contribution in [2.24, 2.45) is 0 Å². The van der Waals surface area contributed by atoms with Gasteiger partial charge >= 0.3 is 0 Å². The van der Waals surface area contributed by atoms with Crippen molar-refractivity contribution in [2.75, 3.05) is 4.90 Å². The van der Waals surface area contributed by atoms with E-state index < -0.39 is 0 Å². The van der Waals surface area contributed by atoms with Gasteiger partial charge in [0, 0.05) is 16.9 Å². The summed E-state index contributed by atoms with van der Waals surface area (Å²) in [6, 6.07) is 49.8. The molecule has 0 aliphatic carbocycles. The molecule has 0 bridgehead atoms. The highest BCUT2D eigenvalue weighted by Crippen LogP contribution is 2.43. The number of rotatable bonds is 4. The average Bonchev–Trinajstić information content (AvgIpc) is 2.89. The van der Waals surface area contributed by atoms with Crippen LogP contribution in [-0.2, 0) is 0 Å². The molecule has 6 rings (SSSR count). The minimum atomic E-state index is 1.14. The van der Waals surface area contributed by atoms with Crippen LogP contribution in [0.4, 0.5) is 17.1 Å². The van der Waals surface area contributed by atoms with Gasteiger partial charge in [0.2, 0.25) is 0 Å². The Bertz CT molecular complexity index is 1550. The predicted octanol–water partition coefficient (Wildman–Crippen LogP) is 9.13. The van der Waals surface area contributed by atoms with Gasteiger partial charge < -0.3 is 4.90 Å². The van der Waals surface area contributed by atoms with Crippen molar-refractivity contribution in [1.29, 1.82) is 0 Å². The summed E-state index contributed by atoms with van der Waals surface area (Å²) < 4.78 is 0. The van der Waals surface area contributed by atoms with Gasteiger partial charge in [-0.25, -0.2) is 0 Å². The molecule has 0 atom stereocenters. The van der Waals surface area contributed by atoms with Crippen LogP contribution in [0.25, 0.3) is 32.7 Å². The molecule has 0 heterocycles. The van der Waals surface area contributed by atoms with Crippen LogP contribution in [0, 0.1) is 0 Å². The van der Waals surface area contributed by atoms with Gasteiger partial charge in [-0.3, -0.25) is 0 Å². The van der Waals surface area contributed by atoms with E-state index >= 15 is 0 Å². The van der Waals surface area contributed by atoms with Gasteiger partial charge in [0.25, 0.3) is 0 Å². The van der Waals surface area contributed by atoms with Crippen LogP contribution in [0.5, 0.6) is 0 Å². The first-order chi connectivity index (χ1) is 16.4. The fourth-order valence-electron chi connectivity index (χ4n) is 4.58. The standard InChI is InChI=1S/C32H23N/c1-3-12-25(13-4-1)31-22-27-15-9-10-16-28(27)23-32(31)33(29-17-5-2-6-18-29)30-20-19-24-11-7-8-14-26(24)21-30/h1-23H. The molecule has 0 saturated heterocycles. The van der Waals surface area contributed by atoms with E-state index in [-0.39, 0.29) is 0 Å². The van der Waals surface area contributed by atoms with Gasteiger partial charge in [0.05, 0.1) is 5.69 Å². The van der Waals surface area contributed by atoms with Gasteiger partial charge in [-0.05, 0) is 63.5 Å². The molecule has 1 nitrogen and oxygen atoms in total. The van der Waals surface area contributed by atoms with E-state index in [1.165, 1.54) is 38.4 Å². The number of hydrogen-bond acceptors (Lipinski definition) is 1. The molecule has 0 spiro atoms. The van der Waals surface area contributed by atoms with Crippen LogP contribution in [-0.4, -0.2) is 0 Å². The Morgan fingerprint density at radius 2 is 0.909 bits per heavy atom. The molecule has 6 aromatic carbocycles. The van der Waals surface area contributed by atoms with Gasteiger partial charge in [0.15, 0.2) is 0 Å². The molecule has 33 heavy (non-hydrogen) atoms. The third kappa shape index (κ3) is 3.64. The van der Waals surface area contributed by atoms with Gasteiger partial charge in [-0.15, -0.1) is 0 Å². The summed E-state index contributed by atoms with van der Waals surface area (Å²) in [7, 11) is 0. The monoisotopic (exact) mass is 421 g/mol. The molecule has 0 amide bonds. The molecule has 0 aliphatic heterocycles. The maximum Gasteiger partial charge on any atom is 0.0546 e. The number of hydrogen-bond donors (Lipinski definition) is 0. The van der Waals surface area contributed by atoms with Crippen molar-refractivity contribution in [3.05, 3.63) is 140 Å². The molecular weight excluding hydrogens is 398 g/mol. The average molecular weight is 422 g/mol. The van der Waals surface area contributed by atoms with E-state index in [2.05, 4.69) is 144 Å². The third-order valence-electron chi connectivity index (χ3n) is 6.20. The van der Waals surface area contributed by atoms with Crippen LogP contribution in [0.15, 0.2) is 140 Å². The highest BCUT2D eigenvalue weighted by atomic mass is 15.1. The zero-order valence-electron chi connectivity index (χ0n) is 18.2. The molecule has 0 radical (unpaired) electrons. The van der Waals surface area contributed by atoms with E-state index in [1.807, 2.05) is 0 Å². The lowest BCUT2D eigenvalue weighted by Gasteiger charge is -2.28. The third-order valence-corrected chi connectivity index (χ3v) is 6.20. The highest BCUT2D eigenvalue weighted by molar-refractivity contribution is 5.99. The van der Waals surface area contributed by atoms with Crippen molar-refractivity contribution in [1.82, 2.24) is 0 Å². The van der Waals surface area contributed by atoms with Crippen molar-refractivity contribution in [3.63, 3.8) is 0 Å². The molecule has 1 heteroatoms. The summed E-state index contributed by atoms with van der Waals surface area (Å²) in [6.45, 7) is 0. The minimum absolute atomic E-state index is 1.14. The highest BCUT2D eigenvalue weighted by Gasteiger charge is 2.18. The minimum Gasteiger partial charge on any atom is -0.310 e. The number of benzene rings is 6. The number of nitrogens with zero attached hydrogens (tertiary/aromatic N) is 1. The summed E-state index contributed by atoms with van der Waals surface area (Å²) in [5, 5.41) is 4.95. The Morgan fingerprint density at radius 3 is 1.61 bits per heavy atom. The lowest BCUT2D eigenvalue weighted by molar-refractivity contribution is 1.29. The second-order valence-corrected chi connectivity index (χ2v) is 8.28. The molecule has 0 saturated carbocycles. The van der Waals surface area contributed by atoms with E-state index in [9.17, 15) is 0 Å². The second kappa shape index (κ2) is 8.29. The van der Waals surface area contributed by atoms with Crippen LogP contribution in [0.2, 0.25) is 0 Å². The summed E-state index contributed by atoms with van der Waals surface area (Å²) in [4.78, 5) is 2.38. The van der Waals surface area contributed by atoms with Gasteiger partial charge in [0.1, 0.15) is 0 Å². The predicted molar refractivity (Wildman–Crippen MR) is 142 cm³/mol. The van der Waals surface area contributed by atoms with E-state index in [4.69, 9.17) is 0 Å². The Kier molecular flexibility index (Phi) is 4.86. The lowest BCUT2D eigenvalue weighted by atomic mass is 9.97. The van der Waals surface area contributed by atoms with E-state index in [0.717, 1.165) is 11.4 Å². The summed E-state index contributed by atoms with van der Waals surface area (Å²) in [5.74, 6) is 0. The number of anilines is 3. The maximum absolute atomic E-state index is 2.38. The molecule has 0 unspecified atom stereocenters. The summed E-state index contributed by atoms with van der Waals surface area (Å²) >= 11 is 0. The summed E-state index contributed by atoms with van der Waals surface area (Å²) in [5.41, 5.74) is 5.88. The normalized spacial score (nSPS) is 11.0. The van der Waals surface area contributed by atoms with Crippen LogP contribution < -0.4 is 4.90 Å². The molecule has 156 valence electrons. The van der Waals surface area contributed by atoms with Crippen molar-refractivity contribution >= 4 is 38.6 Å². The fraction of sp³-hybridized carbons (Fsp3) is 0. The molecule has 0 fully saturated rings. The lowest BCUT2D eigenvalue weighted by Crippen LogP contribution is -2.11. The first-order valence-corrected chi connectivity index (χ1v) is 11.3. The topological polar surface area (TPSA) is 3.24 Å². The molecule has 0 aromatic heterocycles. The van der Waals surface area contributed by atoms with Gasteiger partial charge in [-0.1, -0.05) is 103 Å². The SMILES string of the molecule is c1ccc(-c2cc3ccccc3cc2N(c2ccccc2)c2ccc3ccccc3c2)cc1.